The summed E-state index contributed by atoms with van der Waals surface area (Å²) in [4.78, 5) is 53.2. The number of carbonyl (C=O) groups excluding carboxylic acids is 4. The third-order valence-corrected chi connectivity index (χ3v) is 5.40. The number of piperazine rings is 1. The monoisotopic (exact) mass is 391 g/mol. The average Bonchev–Trinajstić information content (AvgIpc) is 3.00. The van der Waals surface area contributed by atoms with Crippen LogP contribution in [0.5, 0.6) is 0 Å². The Hall–Kier alpha value is -2.78. The van der Waals surface area contributed by atoms with Crippen molar-refractivity contribution in [2.24, 2.45) is 0 Å². The van der Waals surface area contributed by atoms with E-state index in [1.807, 2.05) is 0 Å². The normalized spacial score (nSPS) is 25.0. The van der Waals surface area contributed by atoms with Gasteiger partial charge in [0.1, 0.15) is 26.2 Å². The minimum absolute atomic E-state index is 0.0694. The van der Waals surface area contributed by atoms with Gasteiger partial charge in [-0.25, -0.2) is 14.5 Å². The van der Waals surface area contributed by atoms with Gasteiger partial charge in [0.05, 0.1) is 44.5 Å². The Morgan fingerprint density at radius 2 is 1.50 bits per heavy atom. The number of nitrogens with zero attached hydrogens (tertiary/aromatic N) is 1. The summed E-state index contributed by atoms with van der Waals surface area (Å²) < 4.78 is 9.43. The molecule has 9 heteroatoms. The van der Waals surface area contributed by atoms with Crippen LogP contribution in [0.25, 0.3) is 0 Å². The lowest BCUT2D eigenvalue weighted by Gasteiger charge is -2.30. The van der Waals surface area contributed by atoms with Gasteiger partial charge in [-0.15, -0.1) is 0 Å². The number of methoxy groups -OCH3 is 2. The molecular formula is C19H25N3O6+2. The van der Waals surface area contributed by atoms with Crippen LogP contribution in [0, 0.1) is 0 Å². The lowest BCUT2D eigenvalue weighted by molar-refractivity contribution is -1.01. The lowest BCUT2D eigenvalue weighted by Crippen LogP contribution is -3.29. The van der Waals surface area contributed by atoms with Crippen LogP contribution in [-0.4, -0.2) is 77.2 Å². The van der Waals surface area contributed by atoms with Crippen molar-refractivity contribution in [3.8, 4) is 0 Å². The van der Waals surface area contributed by atoms with E-state index in [2.05, 4.69) is 7.05 Å². The van der Waals surface area contributed by atoms with Crippen LogP contribution in [0.15, 0.2) is 18.2 Å². The molecule has 2 aliphatic rings. The lowest BCUT2D eigenvalue weighted by atomic mass is 10.1. The van der Waals surface area contributed by atoms with Crippen LogP contribution in [0.2, 0.25) is 0 Å². The third kappa shape index (κ3) is 3.76. The van der Waals surface area contributed by atoms with Gasteiger partial charge in [-0.1, -0.05) is 0 Å². The molecular weight excluding hydrogens is 366 g/mol. The fourth-order valence-corrected chi connectivity index (χ4v) is 3.78. The number of carbonyl (C=O) groups is 4. The van der Waals surface area contributed by atoms with Crippen LogP contribution < -0.4 is 14.7 Å². The second kappa shape index (κ2) is 8.07. The van der Waals surface area contributed by atoms with E-state index < -0.39 is 18.0 Å². The van der Waals surface area contributed by atoms with E-state index in [9.17, 15) is 19.2 Å². The van der Waals surface area contributed by atoms with Crippen LogP contribution in [0.1, 0.15) is 27.1 Å². The molecule has 1 aromatic rings. The molecule has 2 aliphatic heterocycles. The molecule has 2 fully saturated rings. The van der Waals surface area contributed by atoms with Gasteiger partial charge in [0.15, 0.2) is 6.04 Å². The highest BCUT2D eigenvalue weighted by atomic mass is 16.5. The molecule has 9 nitrogen and oxygen atoms in total. The zero-order valence-corrected chi connectivity index (χ0v) is 16.2. The fraction of sp³-hybridized carbons (Fsp3) is 0.474. The predicted molar refractivity (Wildman–Crippen MR) is 97.3 cm³/mol. The Bertz CT molecular complexity index is 782. The summed E-state index contributed by atoms with van der Waals surface area (Å²) in [6.45, 7) is 3.52. The maximum atomic E-state index is 13.0. The highest BCUT2D eigenvalue weighted by molar-refractivity contribution is 6.22. The van der Waals surface area contributed by atoms with Crippen molar-refractivity contribution in [1.29, 1.82) is 0 Å². The molecule has 0 aliphatic carbocycles. The number of likely N-dealkylation sites (N-methyl/N-ethyl adjacent to an activating group) is 1. The molecule has 1 aromatic carbocycles. The Kier molecular flexibility index (Phi) is 5.76. The topological polar surface area (TPSA) is 98.9 Å². The summed E-state index contributed by atoms with van der Waals surface area (Å²) in [5.41, 5.74) is 0.319. The Labute approximate surface area is 162 Å². The maximum Gasteiger partial charge on any atom is 0.337 e. The molecule has 0 radical (unpaired) electrons. The van der Waals surface area contributed by atoms with Gasteiger partial charge in [0.2, 0.25) is 5.91 Å². The average molecular weight is 391 g/mol. The summed E-state index contributed by atoms with van der Waals surface area (Å²) >= 11 is 0. The summed E-state index contributed by atoms with van der Waals surface area (Å²) in [7, 11) is 4.54. The SMILES string of the molecule is COC(=O)c1cc(C(=O)OC)cc(N2C(=O)C[C@@H]([NH+]3CC[NH+](C)CC3)C2=O)c1. The second-order valence-electron chi connectivity index (χ2n) is 7.19. The largest absolute Gasteiger partial charge is 0.465 e. The van der Waals surface area contributed by atoms with E-state index in [0.29, 0.717) is 0 Å². The number of benzene rings is 1. The first kappa shape index (κ1) is 20.0. The van der Waals surface area contributed by atoms with Gasteiger partial charge in [-0.05, 0) is 18.2 Å². The molecule has 1 atom stereocenters. The number of rotatable bonds is 4. The smallest absolute Gasteiger partial charge is 0.337 e. The molecule has 0 unspecified atom stereocenters. The van der Waals surface area contributed by atoms with E-state index in [4.69, 9.17) is 9.47 Å². The highest BCUT2D eigenvalue weighted by Gasteiger charge is 2.47. The highest BCUT2D eigenvalue weighted by Crippen LogP contribution is 2.26. The molecule has 2 saturated heterocycles. The number of hydrogen-bond acceptors (Lipinski definition) is 6. The molecule has 3 rings (SSSR count). The van der Waals surface area contributed by atoms with Crippen LogP contribution >= 0.6 is 0 Å². The number of amides is 2. The first-order valence-electron chi connectivity index (χ1n) is 9.20. The van der Waals surface area contributed by atoms with E-state index in [1.54, 1.807) is 0 Å². The van der Waals surface area contributed by atoms with E-state index in [-0.39, 0.29) is 35.0 Å². The zero-order chi connectivity index (χ0) is 20.4. The zero-order valence-electron chi connectivity index (χ0n) is 16.2. The van der Waals surface area contributed by atoms with Crippen molar-refractivity contribution in [3.05, 3.63) is 29.3 Å². The first-order valence-corrected chi connectivity index (χ1v) is 9.20. The van der Waals surface area contributed by atoms with Crippen molar-refractivity contribution >= 4 is 29.4 Å². The van der Waals surface area contributed by atoms with Gasteiger partial charge in [-0.2, -0.15) is 0 Å². The van der Waals surface area contributed by atoms with Crippen molar-refractivity contribution in [3.63, 3.8) is 0 Å². The van der Waals surface area contributed by atoms with Gasteiger partial charge in [-0.3, -0.25) is 9.59 Å². The molecule has 0 aromatic heterocycles. The molecule has 0 spiro atoms. The summed E-state index contributed by atoms with van der Waals surface area (Å²) in [5, 5.41) is 0. The number of quaternary nitrogens is 2. The predicted octanol–water partition coefficient (Wildman–Crippen LogP) is -2.70. The van der Waals surface area contributed by atoms with Crippen molar-refractivity contribution in [2.75, 3.05) is 52.3 Å². The Balaban J connectivity index is 1.93. The van der Waals surface area contributed by atoms with Crippen molar-refractivity contribution in [1.82, 2.24) is 0 Å². The molecule has 2 heterocycles. The van der Waals surface area contributed by atoms with Gasteiger partial charge >= 0.3 is 11.9 Å². The number of hydrogen-bond donors (Lipinski definition) is 2. The minimum Gasteiger partial charge on any atom is -0.465 e. The van der Waals surface area contributed by atoms with E-state index >= 15 is 0 Å². The van der Waals surface area contributed by atoms with E-state index in [0.717, 1.165) is 36.0 Å². The number of imide groups is 1. The van der Waals surface area contributed by atoms with Crippen molar-refractivity contribution in [2.45, 2.75) is 12.5 Å². The number of anilines is 1. The molecule has 2 amide bonds. The van der Waals surface area contributed by atoms with Crippen molar-refractivity contribution < 1.29 is 38.5 Å². The molecule has 0 bridgehead atoms. The van der Waals surface area contributed by atoms with E-state index in [1.165, 1.54) is 37.3 Å². The summed E-state index contributed by atoms with van der Waals surface area (Å²) in [5.74, 6) is -1.99. The first-order chi connectivity index (χ1) is 13.3. The second-order valence-corrected chi connectivity index (χ2v) is 7.19. The summed E-state index contributed by atoms with van der Waals surface area (Å²) in [6, 6.07) is 3.65. The van der Waals surface area contributed by atoms with Crippen LogP contribution in [0.3, 0.4) is 0 Å². The van der Waals surface area contributed by atoms with Crippen LogP contribution in [0.4, 0.5) is 5.69 Å². The quantitative estimate of drug-likeness (QED) is 0.428. The third-order valence-electron chi connectivity index (χ3n) is 5.40. The molecule has 2 N–H and O–H groups in total. The Morgan fingerprint density at radius 3 is 2.00 bits per heavy atom. The number of ether oxygens (including phenoxy) is 2. The summed E-state index contributed by atoms with van der Waals surface area (Å²) in [6.07, 6.45) is 0.114. The fourth-order valence-electron chi connectivity index (χ4n) is 3.78. The van der Waals surface area contributed by atoms with Crippen LogP contribution in [-0.2, 0) is 19.1 Å². The minimum atomic E-state index is -0.671. The maximum absolute atomic E-state index is 13.0. The van der Waals surface area contributed by atoms with Gasteiger partial charge in [0.25, 0.3) is 5.91 Å². The van der Waals surface area contributed by atoms with Gasteiger partial charge < -0.3 is 19.3 Å². The number of nitrogens with one attached hydrogen (secondary N) is 2. The Morgan fingerprint density at radius 1 is 0.964 bits per heavy atom. The number of esters is 2. The van der Waals surface area contributed by atoms with Gasteiger partial charge in [0, 0.05) is 0 Å². The molecule has 150 valence electrons. The molecule has 28 heavy (non-hydrogen) atoms. The standard InChI is InChI=1S/C19H23N3O6/c1-20-4-6-21(7-5-20)15-11-16(23)22(17(15)24)14-9-12(18(25)27-2)8-13(10-14)19(26)28-3/h8-10,15H,4-7,11H2,1-3H3/p+2/t15-/m1/s1. The molecule has 0 saturated carbocycles.